The molecule has 0 aliphatic carbocycles. The number of fused-ring (bicyclic) bond motifs is 1. The van der Waals surface area contributed by atoms with E-state index in [1.54, 1.807) is 16.4 Å². The second-order valence-corrected chi connectivity index (χ2v) is 8.58. The first kappa shape index (κ1) is 21.7. The molecule has 0 spiro atoms. The zero-order valence-electron chi connectivity index (χ0n) is 17.0. The maximum absolute atomic E-state index is 12.7. The number of allylic oxidation sites excluding steroid dienone is 1. The van der Waals surface area contributed by atoms with E-state index in [1.807, 2.05) is 25.1 Å². The lowest BCUT2D eigenvalue weighted by Crippen LogP contribution is -2.29. The van der Waals surface area contributed by atoms with Crippen LogP contribution in [-0.2, 0) is 9.53 Å². The highest BCUT2D eigenvalue weighted by atomic mass is 79.9. The van der Waals surface area contributed by atoms with Crippen LogP contribution in [0.1, 0.15) is 45.2 Å². The van der Waals surface area contributed by atoms with Crippen molar-refractivity contribution >= 4 is 39.6 Å². The Morgan fingerprint density at radius 3 is 2.83 bits per heavy atom. The highest BCUT2D eigenvalue weighted by molar-refractivity contribution is 9.10. The molecular weight excluding hydrogens is 456 g/mol. The minimum atomic E-state index is -0.508. The van der Waals surface area contributed by atoms with Crippen molar-refractivity contribution < 1.29 is 14.3 Å². The maximum Gasteiger partial charge on any atom is 0.338 e. The molecule has 0 saturated carbocycles. The molecule has 0 fully saturated rings. The summed E-state index contributed by atoms with van der Waals surface area (Å²) in [6.45, 7) is 6.60. The number of carbonyl (C=O) groups excluding carboxylic acids is 1. The molecule has 1 aliphatic heterocycles. The van der Waals surface area contributed by atoms with Gasteiger partial charge in [-0.1, -0.05) is 41.5 Å². The normalized spacial score (nSPS) is 15.7. The number of rotatable bonds is 8. The zero-order valence-corrected chi connectivity index (χ0v) is 19.4. The predicted octanol–water partition coefficient (Wildman–Crippen LogP) is 4.79. The molecule has 1 N–H and O–H groups in total. The first-order valence-electron chi connectivity index (χ1n) is 9.57. The van der Waals surface area contributed by atoms with Crippen LogP contribution in [0.2, 0.25) is 0 Å². The molecular formula is C20H25BrN4O3S. The number of anilines is 1. The number of hydrogen-bond donors (Lipinski definition) is 1. The third-order valence-corrected chi connectivity index (χ3v) is 5.94. The summed E-state index contributed by atoms with van der Waals surface area (Å²) in [7, 11) is 1.38. The number of esters is 1. The number of carbonyl (C=O) groups is 1. The molecule has 156 valence electrons. The Morgan fingerprint density at radius 1 is 1.34 bits per heavy atom. The number of halogens is 1. The quantitative estimate of drug-likeness (QED) is 0.429. The molecule has 1 unspecified atom stereocenters. The fourth-order valence-corrected chi connectivity index (χ4v) is 4.19. The maximum atomic E-state index is 12.7. The van der Waals surface area contributed by atoms with Gasteiger partial charge < -0.3 is 14.8 Å². The van der Waals surface area contributed by atoms with Crippen LogP contribution in [0.3, 0.4) is 0 Å². The van der Waals surface area contributed by atoms with Crippen molar-refractivity contribution in [2.45, 2.75) is 44.8 Å². The van der Waals surface area contributed by atoms with Gasteiger partial charge in [-0.3, -0.25) is 0 Å². The number of nitrogens with zero attached hydrogens (tertiary/aromatic N) is 3. The van der Waals surface area contributed by atoms with E-state index in [0.29, 0.717) is 34.7 Å². The van der Waals surface area contributed by atoms with Gasteiger partial charge in [0.2, 0.25) is 11.1 Å². The molecule has 1 aromatic carbocycles. The summed E-state index contributed by atoms with van der Waals surface area (Å²) in [5, 5.41) is 8.56. The molecule has 0 bridgehead atoms. The fourth-order valence-electron chi connectivity index (χ4n) is 3.12. The average molecular weight is 481 g/mol. The van der Waals surface area contributed by atoms with Gasteiger partial charge in [-0.05, 0) is 38.0 Å². The molecule has 1 aromatic heterocycles. The van der Waals surface area contributed by atoms with Gasteiger partial charge in [0.15, 0.2) is 0 Å². The van der Waals surface area contributed by atoms with Crippen molar-refractivity contribution in [3.63, 3.8) is 0 Å². The van der Waals surface area contributed by atoms with Gasteiger partial charge in [0.05, 0.1) is 19.3 Å². The lowest BCUT2D eigenvalue weighted by Gasteiger charge is -2.29. The summed E-state index contributed by atoms with van der Waals surface area (Å²) in [5.41, 5.74) is 2.00. The van der Waals surface area contributed by atoms with Crippen molar-refractivity contribution in [1.82, 2.24) is 14.8 Å². The fraction of sp³-hybridized carbons (Fsp3) is 0.450. The molecule has 0 radical (unpaired) electrons. The second-order valence-electron chi connectivity index (χ2n) is 6.60. The van der Waals surface area contributed by atoms with E-state index in [-0.39, 0.29) is 0 Å². The molecule has 9 heteroatoms. The molecule has 7 nitrogen and oxygen atoms in total. The third-order valence-electron chi connectivity index (χ3n) is 4.40. The van der Waals surface area contributed by atoms with Gasteiger partial charge in [-0.15, -0.1) is 5.10 Å². The van der Waals surface area contributed by atoms with Crippen LogP contribution in [0.4, 0.5) is 5.95 Å². The highest BCUT2D eigenvalue weighted by Gasteiger charge is 2.36. The molecule has 1 atom stereocenters. The molecule has 1 aliphatic rings. The first-order valence-corrected chi connectivity index (χ1v) is 11.4. The Morgan fingerprint density at radius 2 is 2.14 bits per heavy atom. The van der Waals surface area contributed by atoms with Crippen LogP contribution in [-0.4, -0.2) is 40.2 Å². The molecule has 2 heterocycles. The summed E-state index contributed by atoms with van der Waals surface area (Å²) in [6.07, 6.45) is 1.91. The first-order chi connectivity index (χ1) is 14.0. The SMILES string of the molecule is CCCOc1ccc(Br)cc1C1C(C(=O)OC)=C(C)Nc2nc(SCCC)nn21. The van der Waals surface area contributed by atoms with E-state index < -0.39 is 12.0 Å². The summed E-state index contributed by atoms with van der Waals surface area (Å²) in [5.74, 6) is 1.82. The van der Waals surface area contributed by atoms with Gasteiger partial charge in [0, 0.05) is 21.5 Å². The van der Waals surface area contributed by atoms with E-state index in [2.05, 4.69) is 40.1 Å². The van der Waals surface area contributed by atoms with Gasteiger partial charge in [0.25, 0.3) is 0 Å². The Balaban J connectivity index is 2.16. The minimum Gasteiger partial charge on any atom is -0.493 e. The van der Waals surface area contributed by atoms with Crippen LogP contribution < -0.4 is 10.1 Å². The summed E-state index contributed by atoms with van der Waals surface area (Å²) < 4.78 is 13.7. The van der Waals surface area contributed by atoms with Crippen molar-refractivity contribution in [3.05, 3.63) is 39.5 Å². The number of ether oxygens (including phenoxy) is 2. The van der Waals surface area contributed by atoms with E-state index >= 15 is 0 Å². The minimum absolute atomic E-state index is 0.412. The van der Waals surface area contributed by atoms with Gasteiger partial charge >= 0.3 is 5.97 Å². The van der Waals surface area contributed by atoms with Crippen LogP contribution in [0.5, 0.6) is 5.75 Å². The second kappa shape index (κ2) is 9.67. The van der Waals surface area contributed by atoms with Crippen LogP contribution in [0.15, 0.2) is 39.1 Å². The standard InChI is InChI=1S/C20H25BrN4O3S/c1-5-9-28-15-8-7-13(21)11-14(15)17-16(18(26)27-4)12(3)22-19-23-20(24-25(17)19)29-10-6-2/h7-8,11,17H,5-6,9-10H2,1-4H3,(H,22,23,24). The lowest BCUT2D eigenvalue weighted by molar-refractivity contribution is -0.136. The lowest BCUT2D eigenvalue weighted by atomic mass is 9.95. The Hall–Kier alpha value is -2.00. The monoisotopic (exact) mass is 480 g/mol. The number of methoxy groups -OCH3 is 1. The van der Waals surface area contributed by atoms with Gasteiger partial charge in [-0.2, -0.15) is 4.98 Å². The zero-order chi connectivity index (χ0) is 21.0. The number of benzene rings is 1. The van der Waals surface area contributed by atoms with Crippen molar-refractivity contribution in [2.24, 2.45) is 0 Å². The molecule has 0 saturated heterocycles. The van der Waals surface area contributed by atoms with Crippen LogP contribution >= 0.6 is 27.7 Å². The van der Waals surface area contributed by atoms with Gasteiger partial charge in [0.1, 0.15) is 11.8 Å². The molecule has 2 aromatic rings. The highest BCUT2D eigenvalue weighted by Crippen LogP contribution is 2.41. The predicted molar refractivity (Wildman–Crippen MR) is 117 cm³/mol. The Labute approximate surface area is 183 Å². The van der Waals surface area contributed by atoms with Crippen LogP contribution in [0, 0.1) is 0 Å². The Kier molecular flexibility index (Phi) is 7.23. The number of thioether (sulfide) groups is 1. The van der Waals surface area contributed by atoms with E-state index in [0.717, 1.165) is 28.6 Å². The average Bonchev–Trinajstić information content (AvgIpc) is 3.12. The topological polar surface area (TPSA) is 78.3 Å². The largest absolute Gasteiger partial charge is 0.493 e. The molecule has 29 heavy (non-hydrogen) atoms. The third kappa shape index (κ3) is 4.61. The number of aromatic nitrogens is 3. The van der Waals surface area contributed by atoms with E-state index in [1.165, 1.54) is 7.11 Å². The smallest absolute Gasteiger partial charge is 0.338 e. The molecule has 0 amide bonds. The van der Waals surface area contributed by atoms with Crippen molar-refractivity contribution in [3.8, 4) is 5.75 Å². The van der Waals surface area contributed by atoms with E-state index in [4.69, 9.17) is 14.6 Å². The Bertz CT molecular complexity index is 928. The number of hydrogen-bond acceptors (Lipinski definition) is 7. The molecule has 3 rings (SSSR count). The summed E-state index contributed by atoms with van der Waals surface area (Å²) in [4.78, 5) is 17.3. The summed E-state index contributed by atoms with van der Waals surface area (Å²) >= 11 is 5.14. The van der Waals surface area contributed by atoms with Crippen molar-refractivity contribution in [2.75, 3.05) is 24.8 Å². The van der Waals surface area contributed by atoms with Gasteiger partial charge in [-0.25, -0.2) is 9.48 Å². The summed E-state index contributed by atoms with van der Waals surface area (Å²) in [6, 6.07) is 5.28. The number of nitrogens with one attached hydrogen (secondary N) is 1. The van der Waals surface area contributed by atoms with Crippen LogP contribution in [0.25, 0.3) is 0 Å². The van der Waals surface area contributed by atoms with E-state index in [9.17, 15) is 4.79 Å². The van der Waals surface area contributed by atoms with Crippen molar-refractivity contribution in [1.29, 1.82) is 0 Å².